The van der Waals surface area contributed by atoms with E-state index in [1.807, 2.05) is 0 Å². The molecule has 2 atom stereocenters. The average Bonchev–Trinajstić information content (AvgIpc) is 2.46. The maximum Gasteiger partial charge on any atom is 0.0214 e. The average molecular weight is 304 g/mol. The Kier molecular flexibility index (Phi) is 4.08. The van der Waals surface area contributed by atoms with Crippen LogP contribution in [0.15, 0.2) is 0 Å². The van der Waals surface area contributed by atoms with E-state index in [1.54, 1.807) is 19.3 Å². The zero-order chi connectivity index (χ0) is 15.2. The van der Waals surface area contributed by atoms with Crippen LogP contribution < -0.4 is 5.73 Å². The molecule has 5 aliphatic rings. The first-order chi connectivity index (χ1) is 10.6. The van der Waals surface area contributed by atoms with Crippen LogP contribution in [0, 0.1) is 29.1 Å². The molecule has 22 heavy (non-hydrogen) atoms. The molecule has 5 rings (SSSR count). The van der Waals surface area contributed by atoms with E-state index in [1.165, 1.54) is 70.6 Å². The van der Waals surface area contributed by atoms with Gasteiger partial charge in [-0.2, -0.15) is 0 Å². The molecule has 1 heteroatoms. The second-order valence-corrected chi connectivity index (χ2v) is 9.81. The van der Waals surface area contributed by atoms with Crippen molar-refractivity contribution in [2.24, 2.45) is 34.8 Å². The topological polar surface area (TPSA) is 26.0 Å². The van der Waals surface area contributed by atoms with E-state index in [9.17, 15) is 0 Å². The summed E-state index contributed by atoms with van der Waals surface area (Å²) < 4.78 is 0. The maximum atomic E-state index is 7.25. The predicted molar refractivity (Wildman–Crippen MR) is 93.6 cm³/mol. The largest absolute Gasteiger partial charge is 0.325 e. The molecular formula is C21H37N. The van der Waals surface area contributed by atoms with Crippen LogP contribution in [0.2, 0.25) is 0 Å². The Bertz CT molecular complexity index is 365. The Morgan fingerprint density at radius 2 is 1.55 bits per heavy atom. The fraction of sp³-hybridized carbons (Fsp3) is 1.00. The summed E-state index contributed by atoms with van der Waals surface area (Å²) in [5.74, 6) is 4.09. The van der Waals surface area contributed by atoms with Crippen LogP contribution in [0.4, 0.5) is 0 Å². The van der Waals surface area contributed by atoms with E-state index in [-0.39, 0.29) is 5.54 Å². The highest BCUT2D eigenvalue weighted by molar-refractivity contribution is 5.13. The van der Waals surface area contributed by atoms with Gasteiger partial charge in [0.1, 0.15) is 0 Å². The van der Waals surface area contributed by atoms with Gasteiger partial charge in [0.05, 0.1) is 0 Å². The van der Waals surface area contributed by atoms with Crippen LogP contribution in [-0.2, 0) is 0 Å². The van der Waals surface area contributed by atoms with Crippen molar-refractivity contribution >= 4 is 0 Å². The van der Waals surface area contributed by atoms with Gasteiger partial charge in [0.15, 0.2) is 0 Å². The molecule has 1 nitrogen and oxygen atoms in total. The smallest absolute Gasteiger partial charge is 0.0214 e. The fourth-order valence-corrected chi connectivity index (χ4v) is 7.56. The van der Waals surface area contributed by atoms with Gasteiger partial charge in [0.25, 0.3) is 0 Å². The van der Waals surface area contributed by atoms with Gasteiger partial charge in [-0.05, 0) is 80.5 Å². The van der Waals surface area contributed by atoms with E-state index in [2.05, 4.69) is 6.92 Å². The van der Waals surface area contributed by atoms with Crippen molar-refractivity contribution in [3.05, 3.63) is 0 Å². The molecule has 2 N–H and O–H groups in total. The van der Waals surface area contributed by atoms with Gasteiger partial charge in [0.2, 0.25) is 0 Å². The Hall–Kier alpha value is -0.0400. The van der Waals surface area contributed by atoms with Gasteiger partial charge < -0.3 is 5.73 Å². The van der Waals surface area contributed by atoms with Crippen LogP contribution in [0.3, 0.4) is 0 Å². The molecule has 0 radical (unpaired) electrons. The van der Waals surface area contributed by atoms with Crippen LogP contribution in [0.5, 0.6) is 0 Å². The summed E-state index contributed by atoms with van der Waals surface area (Å²) >= 11 is 0. The van der Waals surface area contributed by atoms with E-state index in [0.717, 1.165) is 23.7 Å². The molecule has 126 valence electrons. The molecule has 5 fully saturated rings. The molecule has 0 aromatic carbocycles. The summed E-state index contributed by atoms with van der Waals surface area (Å²) in [6.07, 6.45) is 20.4. The first-order valence-corrected chi connectivity index (χ1v) is 10.4. The molecule has 4 bridgehead atoms. The molecule has 0 spiro atoms. The first kappa shape index (κ1) is 15.5. The van der Waals surface area contributed by atoms with Gasteiger partial charge in [-0.25, -0.2) is 0 Å². The molecule has 0 aromatic heterocycles. The lowest BCUT2D eigenvalue weighted by Crippen LogP contribution is -2.64. The third-order valence-electron chi connectivity index (χ3n) is 8.20. The number of rotatable bonds is 5. The zero-order valence-corrected chi connectivity index (χ0v) is 14.8. The Morgan fingerprint density at radius 3 is 2.14 bits per heavy atom. The normalized spacial score (nSPS) is 50.5. The second kappa shape index (κ2) is 5.80. The van der Waals surface area contributed by atoms with Crippen LogP contribution in [-0.4, -0.2) is 5.54 Å². The summed E-state index contributed by atoms with van der Waals surface area (Å²) in [4.78, 5) is 0. The lowest BCUT2D eigenvalue weighted by Gasteiger charge is -2.64. The van der Waals surface area contributed by atoms with Gasteiger partial charge in [0, 0.05) is 5.54 Å². The minimum absolute atomic E-state index is 0.206. The maximum absolute atomic E-state index is 7.25. The van der Waals surface area contributed by atoms with Gasteiger partial charge in [-0.1, -0.05) is 45.4 Å². The van der Waals surface area contributed by atoms with Crippen LogP contribution >= 0.6 is 0 Å². The third-order valence-corrected chi connectivity index (χ3v) is 8.20. The lowest BCUT2D eigenvalue weighted by atomic mass is 9.42. The molecular weight excluding hydrogens is 266 g/mol. The highest BCUT2D eigenvalue weighted by atomic mass is 14.8. The Labute approximate surface area is 137 Å². The molecule has 0 aromatic rings. The van der Waals surface area contributed by atoms with Crippen molar-refractivity contribution in [3.63, 3.8) is 0 Å². The van der Waals surface area contributed by atoms with Gasteiger partial charge >= 0.3 is 0 Å². The highest BCUT2D eigenvalue weighted by Gasteiger charge is 2.59. The van der Waals surface area contributed by atoms with E-state index >= 15 is 0 Å². The molecule has 5 aliphatic carbocycles. The van der Waals surface area contributed by atoms with Crippen LogP contribution in [0.25, 0.3) is 0 Å². The van der Waals surface area contributed by atoms with Gasteiger partial charge in [-0.3, -0.25) is 0 Å². The van der Waals surface area contributed by atoms with Crippen molar-refractivity contribution < 1.29 is 0 Å². The number of nitrogens with two attached hydrogens (primary N) is 1. The zero-order valence-electron chi connectivity index (χ0n) is 14.8. The van der Waals surface area contributed by atoms with Crippen molar-refractivity contribution in [1.29, 1.82) is 0 Å². The summed E-state index contributed by atoms with van der Waals surface area (Å²) in [7, 11) is 0. The Morgan fingerprint density at radius 1 is 0.909 bits per heavy atom. The van der Waals surface area contributed by atoms with E-state index in [0.29, 0.717) is 5.41 Å². The number of hydrogen-bond donors (Lipinski definition) is 1. The summed E-state index contributed by atoms with van der Waals surface area (Å²) in [6, 6.07) is 0. The predicted octanol–water partition coefficient (Wildman–Crippen LogP) is 5.67. The fourth-order valence-electron chi connectivity index (χ4n) is 7.56. The molecule has 0 amide bonds. The van der Waals surface area contributed by atoms with Crippen molar-refractivity contribution in [3.8, 4) is 0 Å². The molecule has 0 aliphatic heterocycles. The molecule has 0 heterocycles. The van der Waals surface area contributed by atoms with Crippen molar-refractivity contribution in [2.45, 2.75) is 102 Å². The highest BCUT2D eigenvalue weighted by Crippen LogP contribution is 2.65. The summed E-state index contributed by atoms with van der Waals surface area (Å²) in [6.45, 7) is 2.32. The third kappa shape index (κ3) is 2.56. The van der Waals surface area contributed by atoms with Gasteiger partial charge in [-0.15, -0.1) is 0 Å². The quantitative estimate of drug-likeness (QED) is 0.650. The van der Waals surface area contributed by atoms with Crippen molar-refractivity contribution in [1.82, 2.24) is 0 Å². The van der Waals surface area contributed by atoms with E-state index < -0.39 is 0 Å². The minimum atomic E-state index is 0.206. The van der Waals surface area contributed by atoms with E-state index in [4.69, 9.17) is 5.73 Å². The standard InChI is InChI=1S/C21H37N/c1-2-3-4-6-16-7-5-8-21(22,15-16)20-12-17-9-18(13-20)11-19(10-17)14-20/h16-19H,2-15,22H2,1H3. The Balaban J connectivity index is 1.48. The summed E-state index contributed by atoms with van der Waals surface area (Å²) in [5, 5.41) is 0. The second-order valence-electron chi connectivity index (χ2n) is 9.81. The lowest BCUT2D eigenvalue weighted by molar-refractivity contribution is -0.112. The SMILES string of the molecule is CCCCCC1CCCC(N)(C23CC4CC(CC(C4)C2)C3)C1. The number of unbranched alkanes of at least 4 members (excludes halogenated alkanes) is 2. The molecule has 2 unspecified atom stereocenters. The van der Waals surface area contributed by atoms with Crippen molar-refractivity contribution in [2.75, 3.05) is 0 Å². The molecule has 5 saturated carbocycles. The number of hydrogen-bond acceptors (Lipinski definition) is 1. The minimum Gasteiger partial charge on any atom is -0.325 e. The first-order valence-electron chi connectivity index (χ1n) is 10.4. The summed E-state index contributed by atoms with van der Waals surface area (Å²) in [5.41, 5.74) is 8.02. The molecule has 0 saturated heterocycles. The van der Waals surface area contributed by atoms with Crippen LogP contribution in [0.1, 0.15) is 96.8 Å². The monoisotopic (exact) mass is 303 g/mol.